The van der Waals surface area contributed by atoms with E-state index < -0.39 is 19.5 Å². The molecule has 3 N–H and O–H groups in total. The SMILES string of the molecule is CCOP(=O)(O)[C@H]1C[C@H](O)CN1. The summed E-state index contributed by atoms with van der Waals surface area (Å²) < 4.78 is 16.0. The van der Waals surface area contributed by atoms with Crippen LogP contribution < -0.4 is 5.32 Å². The van der Waals surface area contributed by atoms with Gasteiger partial charge in [-0.25, -0.2) is 0 Å². The van der Waals surface area contributed by atoms with Crippen molar-refractivity contribution in [1.29, 1.82) is 0 Å². The molecule has 0 amide bonds. The molecule has 0 radical (unpaired) electrons. The first-order chi connectivity index (χ1) is 5.56. The average molecular weight is 195 g/mol. The molecule has 6 heteroatoms. The molecule has 0 spiro atoms. The number of β-amino-alcohol motifs (C(OH)–C–C–N with tert-alkyl or cyclic N) is 1. The Morgan fingerprint density at radius 3 is 2.83 bits per heavy atom. The smallest absolute Gasteiger partial charge is 0.344 e. The standard InChI is InChI=1S/C6H14NO4P/c1-2-11-12(9,10)6-3-5(8)4-7-6/h5-8H,2-4H2,1H3,(H,9,10)/t5-,6-/m0/s1. The van der Waals surface area contributed by atoms with Crippen LogP contribution >= 0.6 is 7.60 Å². The Labute approximate surface area is 71.3 Å². The van der Waals surface area contributed by atoms with E-state index in [-0.39, 0.29) is 13.0 Å². The summed E-state index contributed by atoms with van der Waals surface area (Å²) in [6.07, 6.45) is -0.246. The Morgan fingerprint density at radius 1 is 1.75 bits per heavy atom. The van der Waals surface area contributed by atoms with Gasteiger partial charge in [0.15, 0.2) is 0 Å². The van der Waals surface area contributed by atoms with Crippen molar-refractivity contribution in [1.82, 2.24) is 5.32 Å². The minimum atomic E-state index is -3.55. The number of hydrogen-bond acceptors (Lipinski definition) is 4. The highest BCUT2D eigenvalue weighted by Gasteiger charge is 2.37. The van der Waals surface area contributed by atoms with Crippen LogP contribution in [0.4, 0.5) is 0 Å². The molecule has 0 aromatic rings. The quantitative estimate of drug-likeness (QED) is 0.547. The average Bonchev–Trinajstić information content (AvgIpc) is 2.36. The maximum atomic E-state index is 11.3. The lowest BCUT2D eigenvalue weighted by Gasteiger charge is -2.16. The molecular formula is C6H14NO4P. The maximum Gasteiger partial charge on any atom is 0.344 e. The zero-order chi connectivity index (χ0) is 9.19. The highest BCUT2D eigenvalue weighted by Crippen LogP contribution is 2.49. The molecule has 0 bridgehead atoms. The van der Waals surface area contributed by atoms with Gasteiger partial charge in [-0.05, 0) is 6.92 Å². The Bertz CT molecular complexity index is 198. The van der Waals surface area contributed by atoms with Crippen molar-refractivity contribution < 1.29 is 19.1 Å². The summed E-state index contributed by atoms with van der Waals surface area (Å²) in [5, 5.41) is 11.8. The number of hydrogen-bond donors (Lipinski definition) is 3. The molecule has 0 aromatic heterocycles. The molecule has 12 heavy (non-hydrogen) atoms. The molecule has 0 aromatic carbocycles. The molecule has 1 aliphatic heterocycles. The van der Waals surface area contributed by atoms with Crippen molar-refractivity contribution in [2.24, 2.45) is 0 Å². The minimum absolute atomic E-state index is 0.210. The Hall–Kier alpha value is 0.0700. The fourth-order valence-corrected chi connectivity index (χ4v) is 2.62. The van der Waals surface area contributed by atoms with E-state index in [1.165, 1.54) is 0 Å². The normalized spacial score (nSPS) is 34.9. The number of aliphatic hydroxyl groups is 1. The molecule has 1 rings (SSSR count). The van der Waals surface area contributed by atoms with Gasteiger partial charge in [-0.1, -0.05) is 0 Å². The molecule has 1 saturated heterocycles. The van der Waals surface area contributed by atoms with E-state index in [0.717, 1.165) is 0 Å². The van der Waals surface area contributed by atoms with Crippen LogP contribution in [0.5, 0.6) is 0 Å². The molecule has 0 aliphatic carbocycles. The van der Waals surface area contributed by atoms with Gasteiger partial charge in [0.25, 0.3) is 0 Å². The summed E-state index contributed by atoms with van der Waals surface area (Å²) in [6.45, 7) is 2.23. The first-order valence-corrected chi connectivity index (χ1v) is 5.59. The highest BCUT2D eigenvalue weighted by atomic mass is 31.2. The lowest BCUT2D eigenvalue weighted by Crippen LogP contribution is -2.22. The van der Waals surface area contributed by atoms with Gasteiger partial charge in [0.05, 0.1) is 12.7 Å². The Balaban J connectivity index is 2.51. The summed E-state index contributed by atoms with van der Waals surface area (Å²) in [5.41, 5.74) is 0. The summed E-state index contributed by atoms with van der Waals surface area (Å²) in [5.74, 6) is -0.604. The van der Waals surface area contributed by atoms with Gasteiger partial charge >= 0.3 is 7.60 Å². The van der Waals surface area contributed by atoms with Gasteiger partial charge in [-0.15, -0.1) is 0 Å². The summed E-state index contributed by atoms with van der Waals surface area (Å²) in [6, 6.07) is 0. The third kappa shape index (κ3) is 2.28. The fraction of sp³-hybridized carbons (Fsp3) is 1.00. The van der Waals surface area contributed by atoms with E-state index in [9.17, 15) is 9.46 Å². The maximum absolute atomic E-state index is 11.3. The molecule has 1 unspecified atom stereocenters. The second kappa shape index (κ2) is 3.85. The molecule has 1 aliphatic rings. The van der Waals surface area contributed by atoms with E-state index in [4.69, 9.17) is 9.63 Å². The van der Waals surface area contributed by atoms with Crippen LogP contribution in [0.25, 0.3) is 0 Å². The second-order valence-corrected chi connectivity index (χ2v) is 4.81. The fourth-order valence-electron chi connectivity index (χ4n) is 1.22. The highest BCUT2D eigenvalue weighted by molar-refractivity contribution is 7.53. The third-order valence-corrected chi connectivity index (χ3v) is 3.60. The lowest BCUT2D eigenvalue weighted by molar-refractivity contribution is 0.192. The minimum Gasteiger partial charge on any atom is -0.392 e. The van der Waals surface area contributed by atoms with Crippen LogP contribution in [0.1, 0.15) is 13.3 Å². The molecule has 5 nitrogen and oxygen atoms in total. The second-order valence-electron chi connectivity index (χ2n) is 2.80. The topological polar surface area (TPSA) is 78.8 Å². The molecule has 1 fully saturated rings. The van der Waals surface area contributed by atoms with Crippen LogP contribution in [0, 0.1) is 0 Å². The van der Waals surface area contributed by atoms with Crippen LogP contribution in [0.15, 0.2) is 0 Å². The van der Waals surface area contributed by atoms with Gasteiger partial charge in [0, 0.05) is 13.0 Å². The predicted octanol–water partition coefficient (Wildman–Crippen LogP) is -0.111. The molecule has 3 atom stereocenters. The number of rotatable bonds is 3. The predicted molar refractivity (Wildman–Crippen MR) is 43.9 cm³/mol. The van der Waals surface area contributed by atoms with Crippen molar-refractivity contribution in [2.45, 2.75) is 25.2 Å². The third-order valence-electron chi connectivity index (χ3n) is 1.79. The lowest BCUT2D eigenvalue weighted by atomic mass is 10.3. The Morgan fingerprint density at radius 2 is 2.42 bits per heavy atom. The van der Waals surface area contributed by atoms with Crippen LogP contribution in [0.3, 0.4) is 0 Å². The summed E-state index contributed by atoms with van der Waals surface area (Å²) in [7, 11) is -3.55. The molecule has 72 valence electrons. The van der Waals surface area contributed by atoms with Gasteiger partial charge < -0.3 is 19.8 Å². The molecule has 0 saturated carbocycles. The van der Waals surface area contributed by atoms with E-state index >= 15 is 0 Å². The van der Waals surface area contributed by atoms with Crippen molar-refractivity contribution >= 4 is 7.60 Å². The van der Waals surface area contributed by atoms with E-state index in [0.29, 0.717) is 6.54 Å². The largest absolute Gasteiger partial charge is 0.392 e. The van der Waals surface area contributed by atoms with Gasteiger partial charge in [-0.2, -0.15) is 0 Å². The van der Waals surface area contributed by atoms with Crippen LogP contribution in [-0.2, 0) is 9.09 Å². The van der Waals surface area contributed by atoms with Crippen molar-refractivity contribution in [3.63, 3.8) is 0 Å². The number of nitrogens with one attached hydrogen (secondary N) is 1. The van der Waals surface area contributed by atoms with E-state index in [1.807, 2.05) is 0 Å². The molecule has 1 heterocycles. The summed E-state index contributed by atoms with van der Waals surface area (Å²) in [4.78, 5) is 9.29. The van der Waals surface area contributed by atoms with Gasteiger partial charge in [0.2, 0.25) is 0 Å². The van der Waals surface area contributed by atoms with Crippen molar-refractivity contribution in [2.75, 3.05) is 13.2 Å². The molecular weight excluding hydrogens is 181 g/mol. The zero-order valence-electron chi connectivity index (χ0n) is 6.93. The number of aliphatic hydroxyl groups excluding tert-OH is 1. The first kappa shape index (κ1) is 10.2. The monoisotopic (exact) mass is 195 g/mol. The zero-order valence-corrected chi connectivity index (χ0v) is 7.83. The van der Waals surface area contributed by atoms with Crippen LogP contribution in [-0.4, -0.2) is 35.0 Å². The first-order valence-electron chi connectivity index (χ1n) is 3.94. The van der Waals surface area contributed by atoms with E-state index in [1.54, 1.807) is 6.92 Å². The Kier molecular flexibility index (Phi) is 3.26. The van der Waals surface area contributed by atoms with Crippen molar-refractivity contribution in [3.8, 4) is 0 Å². The van der Waals surface area contributed by atoms with Crippen LogP contribution in [0.2, 0.25) is 0 Å². The van der Waals surface area contributed by atoms with Crippen molar-refractivity contribution in [3.05, 3.63) is 0 Å². The van der Waals surface area contributed by atoms with Gasteiger partial charge in [0.1, 0.15) is 5.78 Å². The summed E-state index contributed by atoms with van der Waals surface area (Å²) >= 11 is 0. The van der Waals surface area contributed by atoms with Gasteiger partial charge in [-0.3, -0.25) is 4.57 Å². The van der Waals surface area contributed by atoms with E-state index in [2.05, 4.69) is 5.32 Å².